The molecule has 7 nitrogen and oxygen atoms in total. The fourth-order valence-electron chi connectivity index (χ4n) is 2.94. The van der Waals surface area contributed by atoms with Gasteiger partial charge in [-0.2, -0.15) is 5.26 Å². The molecular weight excluding hydrogens is 458 g/mol. The minimum atomic E-state index is -0.614. The Morgan fingerprint density at radius 2 is 1.94 bits per heavy atom. The van der Waals surface area contributed by atoms with Gasteiger partial charge in [0.2, 0.25) is 5.91 Å². The average Bonchev–Trinajstić information content (AvgIpc) is 2.75. The number of pyridine rings is 1. The molecule has 1 heterocycles. The van der Waals surface area contributed by atoms with Crippen LogP contribution in [0.1, 0.15) is 19.0 Å². The van der Waals surface area contributed by atoms with Gasteiger partial charge in [0, 0.05) is 31.0 Å². The van der Waals surface area contributed by atoms with E-state index >= 15 is 0 Å². The highest BCUT2D eigenvalue weighted by atomic mass is 35.5. The van der Waals surface area contributed by atoms with Gasteiger partial charge in [0.15, 0.2) is 11.6 Å². The van der Waals surface area contributed by atoms with Crippen molar-refractivity contribution < 1.29 is 18.7 Å². The zero-order chi connectivity index (χ0) is 23.3. The fourth-order valence-corrected chi connectivity index (χ4v) is 3.45. The number of aromatic nitrogens is 1. The smallest absolute Gasteiger partial charge is 0.216 e. The molecule has 0 saturated carbocycles. The maximum atomic E-state index is 14.6. The second-order valence-corrected chi connectivity index (χ2v) is 7.56. The number of rotatable bonds is 8. The third kappa shape index (κ3) is 5.49. The van der Waals surface area contributed by atoms with Crippen molar-refractivity contribution in [2.24, 2.45) is 0 Å². The van der Waals surface area contributed by atoms with Crippen molar-refractivity contribution in [2.75, 3.05) is 25.6 Å². The van der Waals surface area contributed by atoms with Crippen LogP contribution in [0.4, 0.5) is 15.8 Å². The number of halogens is 3. The number of fused-ring (bicyclic) bond motifs is 1. The Bertz CT molecular complexity index is 1210. The normalized spacial score (nSPS) is 10.5. The Hall–Kier alpha value is -3.28. The molecule has 0 aliphatic carbocycles. The molecule has 0 bridgehead atoms. The molecule has 32 heavy (non-hydrogen) atoms. The van der Waals surface area contributed by atoms with E-state index in [1.165, 1.54) is 38.3 Å². The number of hydrogen-bond donors (Lipinski definition) is 2. The van der Waals surface area contributed by atoms with Crippen LogP contribution in [-0.2, 0) is 4.79 Å². The number of carbonyl (C=O) groups is 1. The molecule has 0 atom stereocenters. The summed E-state index contributed by atoms with van der Waals surface area (Å²) < 4.78 is 25.4. The fraction of sp³-hybridized carbons (Fsp3) is 0.227. The van der Waals surface area contributed by atoms with Gasteiger partial charge < -0.3 is 20.1 Å². The molecule has 0 aliphatic heterocycles. The molecule has 0 aliphatic rings. The molecule has 166 valence electrons. The van der Waals surface area contributed by atoms with Gasteiger partial charge >= 0.3 is 0 Å². The van der Waals surface area contributed by atoms with E-state index in [9.17, 15) is 14.4 Å². The Labute approximate surface area is 194 Å². The Balaban J connectivity index is 1.96. The Morgan fingerprint density at radius 1 is 1.16 bits per heavy atom. The van der Waals surface area contributed by atoms with Crippen LogP contribution in [0.2, 0.25) is 10.0 Å². The van der Waals surface area contributed by atoms with Crippen LogP contribution < -0.4 is 20.1 Å². The number of anilines is 2. The first-order chi connectivity index (χ1) is 15.3. The van der Waals surface area contributed by atoms with Crippen molar-refractivity contribution in [2.45, 2.75) is 13.3 Å². The van der Waals surface area contributed by atoms with Crippen molar-refractivity contribution in [3.8, 4) is 17.6 Å². The number of hydrogen-bond acceptors (Lipinski definition) is 6. The summed E-state index contributed by atoms with van der Waals surface area (Å²) in [7, 11) is 1.48. The van der Waals surface area contributed by atoms with Crippen LogP contribution in [-0.4, -0.2) is 31.2 Å². The zero-order valence-corrected chi connectivity index (χ0v) is 18.8. The largest absolute Gasteiger partial charge is 0.495 e. The highest BCUT2D eigenvalue weighted by Gasteiger charge is 2.15. The predicted octanol–water partition coefficient (Wildman–Crippen LogP) is 5.21. The van der Waals surface area contributed by atoms with Gasteiger partial charge in [-0.05, 0) is 24.6 Å². The van der Waals surface area contributed by atoms with E-state index in [-0.39, 0.29) is 29.5 Å². The van der Waals surface area contributed by atoms with Crippen LogP contribution in [0.3, 0.4) is 0 Å². The van der Waals surface area contributed by atoms with E-state index < -0.39 is 5.82 Å². The summed E-state index contributed by atoms with van der Waals surface area (Å²) in [5, 5.41) is 16.3. The Kier molecular flexibility index (Phi) is 7.57. The monoisotopic (exact) mass is 476 g/mol. The van der Waals surface area contributed by atoms with Crippen molar-refractivity contribution in [1.82, 2.24) is 10.3 Å². The summed E-state index contributed by atoms with van der Waals surface area (Å²) >= 11 is 12.4. The SMILES string of the molecule is COc1cc(Nc2cc(C#N)nc3cc(F)c(OCCCNC(C)=O)cc23)c(Cl)cc1Cl. The van der Waals surface area contributed by atoms with E-state index in [2.05, 4.69) is 15.6 Å². The molecule has 2 aromatic carbocycles. The second-order valence-electron chi connectivity index (χ2n) is 6.74. The van der Waals surface area contributed by atoms with Crippen molar-refractivity contribution in [3.63, 3.8) is 0 Å². The van der Waals surface area contributed by atoms with Crippen molar-refractivity contribution in [3.05, 3.63) is 51.9 Å². The maximum absolute atomic E-state index is 14.6. The molecule has 0 radical (unpaired) electrons. The quantitative estimate of drug-likeness (QED) is 0.433. The lowest BCUT2D eigenvalue weighted by molar-refractivity contribution is -0.118. The van der Waals surface area contributed by atoms with Crippen LogP contribution in [0.25, 0.3) is 10.9 Å². The van der Waals surface area contributed by atoms with Crippen LogP contribution in [0, 0.1) is 17.1 Å². The average molecular weight is 477 g/mol. The molecule has 3 rings (SSSR count). The number of methoxy groups -OCH3 is 1. The summed E-state index contributed by atoms with van der Waals surface area (Å²) in [6.45, 7) is 2.04. The minimum Gasteiger partial charge on any atom is -0.495 e. The maximum Gasteiger partial charge on any atom is 0.216 e. The summed E-state index contributed by atoms with van der Waals surface area (Å²) in [4.78, 5) is 15.1. The lowest BCUT2D eigenvalue weighted by atomic mass is 10.1. The first-order valence-electron chi connectivity index (χ1n) is 9.54. The van der Waals surface area contributed by atoms with Gasteiger partial charge in [-0.1, -0.05) is 23.2 Å². The van der Waals surface area contributed by atoms with Gasteiger partial charge in [0.05, 0.1) is 40.7 Å². The van der Waals surface area contributed by atoms with Gasteiger partial charge in [-0.25, -0.2) is 9.37 Å². The van der Waals surface area contributed by atoms with E-state index in [0.29, 0.717) is 45.5 Å². The molecule has 3 aromatic rings. The minimum absolute atomic E-state index is 0.0228. The summed E-state index contributed by atoms with van der Waals surface area (Å²) in [5.74, 6) is -0.326. The number of ether oxygens (including phenoxy) is 2. The van der Waals surface area contributed by atoms with Crippen molar-refractivity contribution in [1.29, 1.82) is 5.26 Å². The molecule has 0 saturated heterocycles. The summed E-state index contributed by atoms with van der Waals surface area (Å²) in [6.07, 6.45) is 0.508. The van der Waals surface area contributed by atoms with Gasteiger partial charge in [0.25, 0.3) is 0 Å². The van der Waals surface area contributed by atoms with E-state index in [4.69, 9.17) is 32.7 Å². The molecule has 0 spiro atoms. The highest BCUT2D eigenvalue weighted by molar-refractivity contribution is 6.37. The number of amides is 1. The molecular formula is C22H19Cl2FN4O3. The van der Waals surface area contributed by atoms with Gasteiger partial charge in [-0.3, -0.25) is 4.79 Å². The molecule has 0 unspecified atom stereocenters. The predicted molar refractivity (Wildman–Crippen MR) is 122 cm³/mol. The lowest BCUT2D eigenvalue weighted by Crippen LogP contribution is -2.22. The van der Waals surface area contributed by atoms with Crippen molar-refractivity contribution >= 4 is 51.4 Å². The lowest BCUT2D eigenvalue weighted by Gasteiger charge is -2.15. The van der Waals surface area contributed by atoms with E-state index in [0.717, 1.165) is 0 Å². The zero-order valence-electron chi connectivity index (χ0n) is 17.3. The number of benzene rings is 2. The van der Waals surface area contributed by atoms with E-state index in [1.54, 1.807) is 6.07 Å². The van der Waals surface area contributed by atoms with Gasteiger partial charge in [-0.15, -0.1) is 0 Å². The number of nitrogens with one attached hydrogen (secondary N) is 2. The second kappa shape index (κ2) is 10.4. The number of nitriles is 1. The molecule has 0 fully saturated rings. The standard InChI is InChI=1S/C22H19Cl2FN4O3/c1-12(30)27-4-3-5-32-22-7-14-18(6-13(11-26)28-19(14)9-17(22)25)29-20-10-21(31-2)16(24)8-15(20)23/h6-10H,3-5H2,1-2H3,(H,27,30)(H,28,29). The molecule has 1 amide bonds. The Morgan fingerprint density at radius 3 is 2.62 bits per heavy atom. The first-order valence-corrected chi connectivity index (χ1v) is 10.3. The molecule has 1 aromatic heterocycles. The van der Waals surface area contributed by atoms with Gasteiger partial charge in [0.1, 0.15) is 17.5 Å². The molecule has 2 N–H and O–H groups in total. The summed E-state index contributed by atoms with van der Waals surface area (Å²) in [5.41, 5.74) is 1.32. The van der Waals surface area contributed by atoms with Crippen LogP contribution in [0.5, 0.6) is 11.5 Å². The highest BCUT2D eigenvalue weighted by Crippen LogP contribution is 2.38. The number of nitrogens with zero attached hydrogens (tertiary/aromatic N) is 2. The first kappa shape index (κ1) is 23.4. The van der Waals surface area contributed by atoms with E-state index in [1.807, 2.05) is 6.07 Å². The topological polar surface area (TPSA) is 96.3 Å². The summed E-state index contributed by atoms with van der Waals surface area (Å²) in [6, 6.07) is 9.34. The van der Waals surface area contributed by atoms with Crippen LogP contribution >= 0.6 is 23.2 Å². The number of carbonyl (C=O) groups excluding carboxylic acids is 1. The third-order valence-electron chi connectivity index (χ3n) is 4.44. The third-order valence-corrected chi connectivity index (χ3v) is 5.05. The van der Waals surface area contributed by atoms with Crippen LogP contribution in [0.15, 0.2) is 30.3 Å². The molecule has 10 heteroatoms.